The van der Waals surface area contributed by atoms with E-state index in [4.69, 9.17) is 11.6 Å². The molecular formula is C21H21N7O2S. The molecule has 31 heavy (non-hydrogen) atoms. The number of amides is 1. The third-order valence-corrected chi connectivity index (χ3v) is 5.93. The molecule has 2 N–H and O–H groups in total. The van der Waals surface area contributed by atoms with Gasteiger partial charge in [-0.1, -0.05) is 6.07 Å². The Labute approximate surface area is 189 Å². The van der Waals surface area contributed by atoms with E-state index < -0.39 is 25.4 Å². The summed E-state index contributed by atoms with van der Waals surface area (Å²) in [5, 5.41) is 16.4. The molecule has 1 fully saturated rings. The van der Waals surface area contributed by atoms with Crippen LogP contribution in [0.2, 0.25) is 0 Å². The van der Waals surface area contributed by atoms with Gasteiger partial charge < -0.3 is 10.1 Å². The highest BCUT2D eigenvalue weighted by atomic mass is 32.1. The Morgan fingerprint density at radius 3 is 3.19 bits per heavy atom. The summed E-state index contributed by atoms with van der Waals surface area (Å²) in [6.07, 6.45) is 6.85. The number of carbonyl (C=O) groups is 1. The molecule has 0 spiro atoms. The van der Waals surface area contributed by atoms with E-state index in [2.05, 4.69) is 30.6 Å². The largest absolute Gasteiger partial charge is 0.378 e. The number of nitrogens with zero attached hydrogens (tertiary/aromatic N) is 5. The number of nitrogens with one attached hydrogen (secondary N) is 2. The molecule has 1 aliphatic rings. The van der Waals surface area contributed by atoms with Gasteiger partial charge in [0.2, 0.25) is 0 Å². The SMILES string of the molecule is [2H]C([2H])([2H])C([2H])([2H])OC1CC(n2cc(NC(=O)c3csc(-c4cn[nH]c4)n3)c(-c3ccccn3)n2)C1. The monoisotopic (exact) mass is 440 g/mol. The molecule has 1 amide bonds. The van der Waals surface area contributed by atoms with E-state index in [1.807, 2.05) is 6.07 Å². The third kappa shape index (κ3) is 3.99. The maximum absolute atomic E-state index is 13.0. The molecule has 5 rings (SSSR count). The normalized spacial score (nSPS) is 21.2. The minimum absolute atomic E-state index is 0.150. The first-order chi connectivity index (χ1) is 17.1. The van der Waals surface area contributed by atoms with Gasteiger partial charge in [0.25, 0.3) is 5.91 Å². The van der Waals surface area contributed by atoms with E-state index in [-0.39, 0.29) is 11.7 Å². The van der Waals surface area contributed by atoms with Crippen molar-refractivity contribution in [3.8, 4) is 22.0 Å². The molecule has 0 unspecified atom stereocenters. The van der Waals surface area contributed by atoms with Gasteiger partial charge in [-0.2, -0.15) is 10.2 Å². The Balaban J connectivity index is 1.34. The van der Waals surface area contributed by atoms with Gasteiger partial charge in [0.1, 0.15) is 16.4 Å². The number of carbonyl (C=O) groups excluding carboxylic acids is 1. The molecule has 1 saturated carbocycles. The van der Waals surface area contributed by atoms with E-state index in [1.54, 1.807) is 47.0 Å². The molecular weight excluding hydrogens is 414 g/mol. The third-order valence-electron chi connectivity index (χ3n) is 5.04. The number of anilines is 1. The average Bonchev–Trinajstić information content (AvgIpc) is 3.56. The van der Waals surface area contributed by atoms with Crippen molar-refractivity contribution in [1.29, 1.82) is 0 Å². The Kier molecular flexibility index (Phi) is 3.96. The molecule has 4 aromatic heterocycles. The van der Waals surface area contributed by atoms with Gasteiger partial charge >= 0.3 is 0 Å². The molecule has 9 nitrogen and oxygen atoms in total. The van der Waals surface area contributed by atoms with Crippen LogP contribution in [0.15, 0.2) is 48.4 Å². The smallest absolute Gasteiger partial charge is 0.275 e. The van der Waals surface area contributed by atoms with Crippen LogP contribution >= 0.6 is 11.3 Å². The maximum atomic E-state index is 13.0. The second-order valence-electron chi connectivity index (χ2n) is 7.03. The van der Waals surface area contributed by atoms with Gasteiger partial charge in [0.15, 0.2) is 0 Å². The van der Waals surface area contributed by atoms with Gasteiger partial charge in [-0.25, -0.2) is 4.98 Å². The molecule has 158 valence electrons. The first-order valence-electron chi connectivity index (χ1n) is 12.0. The van der Waals surface area contributed by atoms with Crippen LogP contribution in [0.1, 0.15) is 43.1 Å². The van der Waals surface area contributed by atoms with Crippen LogP contribution in [0, 0.1) is 0 Å². The van der Waals surface area contributed by atoms with E-state index in [9.17, 15) is 4.79 Å². The quantitative estimate of drug-likeness (QED) is 0.452. The lowest BCUT2D eigenvalue weighted by Crippen LogP contribution is -2.33. The van der Waals surface area contributed by atoms with Crippen molar-refractivity contribution >= 4 is 22.9 Å². The van der Waals surface area contributed by atoms with E-state index in [1.165, 1.54) is 11.3 Å². The Morgan fingerprint density at radius 1 is 1.48 bits per heavy atom. The summed E-state index contributed by atoms with van der Waals surface area (Å²) in [7, 11) is 0. The zero-order valence-corrected chi connectivity index (χ0v) is 17.0. The van der Waals surface area contributed by atoms with E-state index in [0.717, 1.165) is 5.56 Å². The van der Waals surface area contributed by atoms with Gasteiger partial charge in [0, 0.05) is 40.2 Å². The number of aromatic nitrogens is 6. The number of aromatic amines is 1. The molecule has 4 aromatic rings. The predicted molar refractivity (Wildman–Crippen MR) is 117 cm³/mol. The lowest BCUT2D eigenvalue weighted by Gasteiger charge is -2.34. The summed E-state index contributed by atoms with van der Waals surface area (Å²) in [6, 6.07) is 5.22. The van der Waals surface area contributed by atoms with Crippen molar-refractivity contribution in [3.05, 3.63) is 54.1 Å². The number of pyridine rings is 1. The predicted octanol–water partition coefficient (Wildman–Crippen LogP) is 3.78. The van der Waals surface area contributed by atoms with Gasteiger partial charge in [-0.15, -0.1) is 11.3 Å². The Hall–Kier alpha value is -3.37. The highest BCUT2D eigenvalue weighted by Crippen LogP contribution is 2.37. The van der Waals surface area contributed by atoms with Crippen molar-refractivity contribution in [2.24, 2.45) is 0 Å². The second kappa shape index (κ2) is 8.40. The number of ether oxygens (including phenoxy) is 1. The summed E-state index contributed by atoms with van der Waals surface area (Å²) in [4.78, 5) is 21.7. The Bertz CT molecular complexity index is 1350. The maximum Gasteiger partial charge on any atom is 0.275 e. The van der Waals surface area contributed by atoms with Crippen LogP contribution in [0.3, 0.4) is 0 Å². The van der Waals surface area contributed by atoms with E-state index in [0.29, 0.717) is 34.9 Å². The fraction of sp³-hybridized carbons (Fsp3) is 0.286. The van der Waals surface area contributed by atoms with Crippen molar-refractivity contribution in [3.63, 3.8) is 0 Å². The summed E-state index contributed by atoms with van der Waals surface area (Å²) < 4.78 is 44.1. The highest BCUT2D eigenvalue weighted by molar-refractivity contribution is 7.13. The van der Waals surface area contributed by atoms with Crippen LogP contribution in [0.4, 0.5) is 5.69 Å². The fourth-order valence-corrected chi connectivity index (χ4v) is 4.14. The molecule has 1 aliphatic carbocycles. The number of H-pyrrole nitrogens is 1. The zero-order chi connectivity index (χ0) is 25.5. The summed E-state index contributed by atoms with van der Waals surface area (Å²) >= 11 is 1.33. The number of hydrogen-bond donors (Lipinski definition) is 2. The lowest BCUT2D eigenvalue weighted by atomic mass is 9.89. The molecule has 0 atom stereocenters. The molecule has 4 heterocycles. The number of thiazole rings is 1. The van der Waals surface area contributed by atoms with E-state index >= 15 is 0 Å². The minimum Gasteiger partial charge on any atom is -0.378 e. The van der Waals surface area contributed by atoms with Crippen molar-refractivity contribution in [1.82, 2.24) is 29.9 Å². The van der Waals surface area contributed by atoms with Gasteiger partial charge in [0.05, 0.1) is 32.5 Å². The van der Waals surface area contributed by atoms with Crippen LogP contribution < -0.4 is 5.32 Å². The zero-order valence-electron chi connectivity index (χ0n) is 21.1. The van der Waals surface area contributed by atoms with Crippen molar-refractivity contribution in [2.75, 3.05) is 11.9 Å². The average molecular weight is 441 g/mol. The summed E-state index contributed by atoms with van der Waals surface area (Å²) in [5.74, 6) is -0.404. The molecule has 10 heteroatoms. The van der Waals surface area contributed by atoms with Gasteiger partial charge in [-0.3, -0.25) is 19.6 Å². The first-order valence-corrected chi connectivity index (χ1v) is 10.4. The van der Waals surface area contributed by atoms with Crippen LogP contribution in [0.25, 0.3) is 22.0 Å². The minimum atomic E-state index is -2.87. The molecule has 0 aromatic carbocycles. The van der Waals surface area contributed by atoms with Crippen LogP contribution in [-0.4, -0.2) is 48.5 Å². The van der Waals surface area contributed by atoms with Gasteiger partial charge in [-0.05, 0) is 31.8 Å². The van der Waals surface area contributed by atoms with Crippen LogP contribution in [-0.2, 0) is 4.74 Å². The van der Waals surface area contributed by atoms with Crippen molar-refractivity contribution in [2.45, 2.75) is 31.8 Å². The first kappa shape index (κ1) is 14.6. The molecule has 0 saturated heterocycles. The van der Waals surface area contributed by atoms with Crippen molar-refractivity contribution < 1.29 is 16.4 Å². The summed E-state index contributed by atoms with van der Waals surface area (Å²) in [5.41, 5.74) is 2.51. The highest BCUT2D eigenvalue weighted by Gasteiger charge is 2.32. The summed E-state index contributed by atoms with van der Waals surface area (Å²) in [6.45, 7) is -5.60. The standard InChI is InChI=1S/C21H21N7O2S/c1-2-30-15-7-14(8-15)28-11-17(19(27-28)16-5-3-4-6-22-16)25-20(29)18-12-31-21(26-18)13-9-23-24-10-13/h3-6,9-12,14-15H,2,7-8H2,1H3,(H,23,24)(H,25,29)/i1D3,2D2. The number of rotatable bonds is 7. The second-order valence-corrected chi connectivity index (χ2v) is 7.89. The number of hydrogen-bond acceptors (Lipinski definition) is 7. The fourth-order valence-electron chi connectivity index (χ4n) is 3.36. The molecule has 0 bridgehead atoms. The lowest BCUT2D eigenvalue weighted by molar-refractivity contribution is -0.0226. The topological polar surface area (TPSA) is 111 Å². The Morgan fingerprint density at radius 2 is 2.42 bits per heavy atom. The van der Waals surface area contributed by atoms with Crippen LogP contribution in [0.5, 0.6) is 0 Å². The molecule has 0 aliphatic heterocycles. The molecule has 0 radical (unpaired) electrons.